The number of aryl methyl sites for hydroxylation is 1. The van der Waals surface area contributed by atoms with Gasteiger partial charge >= 0.3 is 0 Å². The van der Waals surface area contributed by atoms with E-state index in [0.29, 0.717) is 12.0 Å². The second kappa shape index (κ2) is 5.78. The van der Waals surface area contributed by atoms with Crippen molar-refractivity contribution in [1.82, 2.24) is 9.78 Å². The molecule has 0 radical (unpaired) electrons. The van der Waals surface area contributed by atoms with Gasteiger partial charge < -0.3 is 10.1 Å². The van der Waals surface area contributed by atoms with Crippen LogP contribution in [0.5, 0.6) is 5.75 Å². The fraction of sp³-hybridized carbons (Fsp3) is 0.400. The van der Waals surface area contributed by atoms with Gasteiger partial charge in [0.25, 0.3) is 0 Å². The summed E-state index contributed by atoms with van der Waals surface area (Å²) in [5, 5.41) is 7.64. The molecule has 1 aromatic heterocycles. The number of methoxy groups -OCH3 is 1. The van der Waals surface area contributed by atoms with Crippen molar-refractivity contribution in [1.29, 1.82) is 0 Å². The highest BCUT2D eigenvalue weighted by Gasteiger charge is 2.14. The molecule has 0 spiro atoms. The SMILES string of the molecule is COc1ccc([C@@H](C)[C@H](C)Nc2cnn(C)c2)cc1. The lowest BCUT2D eigenvalue weighted by Crippen LogP contribution is -2.22. The summed E-state index contributed by atoms with van der Waals surface area (Å²) in [6.07, 6.45) is 3.83. The Hall–Kier alpha value is -1.97. The van der Waals surface area contributed by atoms with Crippen LogP contribution in [-0.2, 0) is 7.05 Å². The van der Waals surface area contributed by atoms with Crippen LogP contribution in [0.3, 0.4) is 0 Å². The van der Waals surface area contributed by atoms with Crippen LogP contribution in [0.25, 0.3) is 0 Å². The first-order valence-electron chi connectivity index (χ1n) is 6.49. The second-order valence-corrected chi connectivity index (χ2v) is 4.90. The first kappa shape index (κ1) is 13.5. The van der Waals surface area contributed by atoms with Gasteiger partial charge in [-0.2, -0.15) is 5.10 Å². The summed E-state index contributed by atoms with van der Waals surface area (Å²) in [6, 6.07) is 8.57. The van der Waals surface area contributed by atoms with Gasteiger partial charge in [0.2, 0.25) is 0 Å². The molecule has 102 valence electrons. The number of nitrogens with one attached hydrogen (secondary N) is 1. The number of hydrogen-bond acceptors (Lipinski definition) is 3. The van der Waals surface area contributed by atoms with Crippen molar-refractivity contribution in [2.45, 2.75) is 25.8 Å². The molecule has 0 aliphatic rings. The third-order valence-electron chi connectivity index (χ3n) is 3.49. The maximum atomic E-state index is 5.18. The van der Waals surface area contributed by atoms with Crippen molar-refractivity contribution in [3.63, 3.8) is 0 Å². The Labute approximate surface area is 114 Å². The van der Waals surface area contributed by atoms with E-state index in [-0.39, 0.29) is 0 Å². The Morgan fingerprint density at radius 3 is 2.42 bits per heavy atom. The number of hydrogen-bond donors (Lipinski definition) is 1. The molecule has 2 aromatic rings. The van der Waals surface area contributed by atoms with Crippen molar-refractivity contribution in [3.8, 4) is 5.75 Å². The molecule has 1 aromatic carbocycles. The molecule has 1 N–H and O–H groups in total. The van der Waals surface area contributed by atoms with Gasteiger partial charge in [-0.05, 0) is 24.6 Å². The van der Waals surface area contributed by atoms with Crippen LogP contribution in [-0.4, -0.2) is 22.9 Å². The largest absolute Gasteiger partial charge is 0.497 e. The summed E-state index contributed by atoms with van der Waals surface area (Å²) < 4.78 is 6.98. The van der Waals surface area contributed by atoms with Crippen molar-refractivity contribution >= 4 is 5.69 Å². The highest BCUT2D eigenvalue weighted by atomic mass is 16.5. The molecule has 4 heteroatoms. The zero-order chi connectivity index (χ0) is 13.8. The summed E-state index contributed by atoms with van der Waals surface area (Å²) in [5.74, 6) is 1.30. The maximum absolute atomic E-state index is 5.18. The zero-order valence-corrected chi connectivity index (χ0v) is 11.9. The monoisotopic (exact) mass is 259 g/mol. The molecule has 0 bridgehead atoms. The minimum Gasteiger partial charge on any atom is -0.497 e. The Bertz CT molecular complexity index is 518. The molecule has 0 saturated carbocycles. The van der Waals surface area contributed by atoms with Gasteiger partial charge in [-0.25, -0.2) is 0 Å². The van der Waals surface area contributed by atoms with Crippen molar-refractivity contribution in [2.24, 2.45) is 7.05 Å². The minimum absolute atomic E-state index is 0.331. The number of anilines is 1. The van der Waals surface area contributed by atoms with Crippen LogP contribution in [0.15, 0.2) is 36.7 Å². The van der Waals surface area contributed by atoms with E-state index in [1.165, 1.54) is 5.56 Å². The number of aromatic nitrogens is 2. The zero-order valence-electron chi connectivity index (χ0n) is 11.9. The van der Waals surface area contributed by atoms with Crippen LogP contribution >= 0.6 is 0 Å². The van der Waals surface area contributed by atoms with Gasteiger partial charge in [-0.3, -0.25) is 4.68 Å². The summed E-state index contributed by atoms with van der Waals surface area (Å²) in [7, 11) is 3.60. The van der Waals surface area contributed by atoms with E-state index in [1.807, 2.05) is 31.6 Å². The third-order valence-corrected chi connectivity index (χ3v) is 3.49. The fourth-order valence-electron chi connectivity index (χ4n) is 2.08. The molecule has 0 fully saturated rings. The predicted octanol–water partition coefficient (Wildman–Crippen LogP) is 3.03. The van der Waals surface area contributed by atoms with E-state index < -0.39 is 0 Å². The molecule has 0 aliphatic carbocycles. The van der Waals surface area contributed by atoms with Gasteiger partial charge in [0.05, 0.1) is 19.0 Å². The molecule has 0 aliphatic heterocycles. The normalized spacial score (nSPS) is 13.9. The molecule has 4 nitrogen and oxygen atoms in total. The lowest BCUT2D eigenvalue weighted by Gasteiger charge is -2.22. The van der Waals surface area contributed by atoms with Crippen LogP contribution in [0.1, 0.15) is 25.3 Å². The molecular weight excluding hydrogens is 238 g/mol. The Balaban J connectivity index is 2.03. The Morgan fingerprint density at radius 2 is 1.89 bits per heavy atom. The standard InChI is InChI=1S/C15H21N3O/c1-11(13-5-7-15(19-4)8-6-13)12(2)17-14-9-16-18(3)10-14/h5-12,17H,1-4H3/t11-,12-/m0/s1. The van der Waals surface area contributed by atoms with Crippen LogP contribution in [0, 0.1) is 0 Å². The summed E-state index contributed by atoms with van der Waals surface area (Å²) >= 11 is 0. The van der Waals surface area contributed by atoms with E-state index in [1.54, 1.807) is 11.8 Å². The quantitative estimate of drug-likeness (QED) is 0.897. The minimum atomic E-state index is 0.331. The molecule has 1 heterocycles. The van der Waals surface area contributed by atoms with Crippen LogP contribution in [0.4, 0.5) is 5.69 Å². The Kier molecular flexibility index (Phi) is 4.10. The average molecular weight is 259 g/mol. The van der Waals surface area contributed by atoms with E-state index in [0.717, 1.165) is 11.4 Å². The fourth-order valence-corrected chi connectivity index (χ4v) is 2.08. The van der Waals surface area contributed by atoms with Crippen LogP contribution in [0.2, 0.25) is 0 Å². The van der Waals surface area contributed by atoms with E-state index >= 15 is 0 Å². The van der Waals surface area contributed by atoms with Crippen molar-refractivity contribution in [2.75, 3.05) is 12.4 Å². The Morgan fingerprint density at radius 1 is 1.21 bits per heavy atom. The number of nitrogens with zero attached hydrogens (tertiary/aromatic N) is 2. The van der Waals surface area contributed by atoms with Gasteiger partial charge in [-0.15, -0.1) is 0 Å². The first-order valence-corrected chi connectivity index (χ1v) is 6.49. The van der Waals surface area contributed by atoms with Gasteiger partial charge in [0.1, 0.15) is 5.75 Å². The summed E-state index contributed by atoms with van der Waals surface area (Å²) in [5.41, 5.74) is 2.35. The average Bonchev–Trinajstić information content (AvgIpc) is 2.83. The molecule has 2 atom stereocenters. The molecule has 19 heavy (non-hydrogen) atoms. The maximum Gasteiger partial charge on any atom is 0.118 e. The molecule has 0 saturated heterocycles. The lowest BCUT2D eigenvalue weighted by molar-refractivity contribution is 0.414. The van der Waals surface area contributed by atoms with Gasteiger partial charge in [-0.1, -0.05) is 19.1 Å². The van der Waals surface area contributed by atoms with E-state index in [9.17, 15) is 0 Å². The smallest absolute Gasteiger partial charge is 0.118 e. The van der Waals surface area contributed by atoms with Gasteiger partial charge in [0, 0.05) is 25.2 Å². The van der Waals surface area contributed by atoms with Crippen molar-refractivity contribution in [3.05, 3.63) is 42.2 Å². The van der Waals surface area contributed by atoms with Crippen LogP contribution < -0.4 is 10.1 Å². The third kappa shape index (κ3) is 3.28. The summed E-state index contributed by atoms with van der Waals surface area (Å²) in [6.45, 7) is 4.40. The predicted molar refractivity (Wildman–Crippen MR) is 77.7 cm³/mol. The molecule has 0 unspecified atom stereocenters. The second-order valence-electron chi connectivity index (χ2n) is 4.90. The van der Waals surface area contributed by atoms with Crippen molar-refractivity contribution < 1.29 is 4.74 Å². The topological polar surface area (TPSA) is 39.1 Å². The lowest BCUT2D eigenvalue weighted by atomic mass is 9.94. The highest BCUT2D eigenvalue weighted by Crippen LogP contribution is 2.24. The molecule has 2 rings (SSSR count). The number of benzene rings is 1. The number of rotatable bonds is 5. The van der Waals surface area contributed by atoms with E-state index in [2.05, 4.69) is 36.4 Å². The van der Waals surface area contributed by atoms with Gasteiger partial charge in [0.15, 0.2) is 0 Å². The number of ether oxygens (including phenoxy) is 1. The highest BCUT2D eigenvalue weighted by molar-refractivity contribution is 5.40. The summed E-state index contributed by atoms with van der Waals surface area (Å²) in [4.78, 5) is 0. The first-order chi connectivity index (χ1) is 9.10. The van der Waals surface area contributed by atoms with E-state index in [4.69, 9.17) is 4.74 Å². The molecular formula is C15H21N3O. The molecule has 0 amide bonds.